The van der Waals surface area contributed by atoms with Crippen LogP contribution >= 0.6 is 0 Å². The summed E-state index contributed by atoms with van der Waals surface area (Å²) in [4.78, 5) is 28.0. The van der Waals surface area contributed by atoms with Gasteiger partial charge in [0, 0.05) is 12.1 Å². The first-order chi connectivity index (χ1) is 11.5. The van der Waals surface area contributed by atoms with Gasteiger partial charge >= 0.3 is 0 Å². The van der Waals surface area contributed by atoms with Gasteiger partial charge < -0.3 is 14.5 Å². The number of methoxy groups -OCH3 is 1. The van der Waals surface area contributed by atoms with Crippen LogP contribution in [0.5, 0.6) is 5.75 Å². The maximum atomic E-state index is 12.0. The number of amides is 1. The number of carbonyl (C=O) groups is 2. The molecule has 0 aliphatic rings. The molecule has 1 aromatic carbocycles. The van der Waals surface area contributed by atoms with Gasteiger partial charge in [0.2, 0.25) is 11.8 Å². The van der Waals surface area contributed by atoms with Gasteiger partial charge in [-0.15, -0.1) is 0 Å². The SMILES string of the molecule is CCCNC(=O)CC(=O)Cc1nc(-c2cccc(OC)c2)oc1C. The second kappa shape index (κ2) is 8.29. The highest BCUT2D eigenvalue weighted by Gasteiger charge is 2.17. The molecule has 2 aromatic rings. The van der Waals surface area contributed by atoms with Gasteiger partial charge in [-0.1, -0.05) is 13.0 Å². The molecule has 24 heavy (non-hydrogen) atoms. The summed E-state index contributed by atoms with van der Waals surface area (Å²) < 4.78 is 10.8. The van der Waals surface area contributed by atoms with Crippen LogP contribution in [0.3, 0.4) is 0 Å². The van der Waals surface area contributed by atoms with E-state index in [4.69, 9.17) is 9.15 Å². The molecule has 0 radical (unpaired) electrons. The van der Waals surface area contributed by atoms with Crippen LogP contribution in [0.1, 0.15) is 31.2 Å². The van der Waals surface area contributed by atoms with Gasteiger partial charge in [-0.2, -0.15) is 0 Å². The van der Waals surface area contributed by atoms with Crippen molar-refractivity contribution in [3.63, 3.8) is 0 Å². The van der Waals surface area contributed by atoms with Crippen molar-refractivity contribution in [2.24, 2.45) is 0 Å². The van der Waals surface area contributed by atoms with Crippen molar-refractivity contribution >= 4 is 11.7 Å². The molecule has 0 bridgehead atoms. The molecule has 1 aromatic heterocycles. The summed E-state index contributed by atoms with van der Waals surface area (Å²) in [5.74, 6) is 1.28. The zero-order valence-electron chi connectivity index (χ0n) is 14.2. The number of benzene rings is 1. The van der Waals surface area contributed by atoms with Crippen LogP contribution < -0.4 is 10.1 Å². The lowest BCUT2D eigenvalue weighted by Gasteiger charge is -2.02. The Morgan fingerprint density at radius 2 is 2.12 bits per heavy atom. The minimum absolute atomic E-state index is 0.0822. The average molecular weight is 330 g/mol. The Hall–Kier alpha value is -2.63. The molecule has 0 aliphatic carbocycles. The average Bonchev–Trinajstić information content (AvgIpc) is 2.93. The van der Waals surface area contributed by atoms with E-state index in [1.54, 1.807) is 14.0 Å². The van der Waals surface area contributed by atoms with Gasteiger partial charge in [-0.25, -0.2) is 4.98 Å². The summed E-state index contributed by atoms with van der Waals surface area (Å²) in [5, 5.41) is 2.69. The molecule has 128 valence electrons. The standard InChI is InChI=1S/C18H22N2O4/c1-4-8-19-17(22)11-14(21)10-16-12(2)24-18(20-16)13-6-5-7-15(9-13)23-3/h5-7,9H,4,8,10-11H2,1-3H3,(H,19,22). The van der Waals surface area contributed by atoms with E-state index in [1.807, 2.05) is 31.2 Å². The minimum Gasteiger partial charge on any atom is -0.497 e. The molecule has 0 aliphatic heterocycles. The first-order valence-corrected chi connectivity index (χ1v) is 7.92. The topological polar surface area (TPSA) is 81.4 Å². The number of nitrogens with zero attached hydrogens (tertiary/aromatic N) is 1. The number of oxazole rings is 1. The van der Waals surface area contributed by atoms with E-state index in [1.165, 1.54) is 0 Å². The molecule has 0 fully saturated rings. The lowest BCUT2D eigenvalue weighted by atomic mass is 10.1. The Kier molecular flexibility index (Phi) is 6.12. The largest absolute Gasteiger partial charge is 0.497 e. The highest BCUT2D eigenvalue weighted by molar-refractivity contribution is 5.98. The molecule has 2 rings (SSSR count). The summed E-state index contributed by atoms with van der Waals surface area (Å²) in [6, 6.07) is 7.35. The summed E-state index contributed by atoms with van der Waals surface area (Å²) in [5.41, 5.74) is 1.33. The summed E-state index contributed by atoms with van der Waals surface area (Å²) in [7, 11) is 1.59. The van der Waals surface area contributed by atoms with E-state index < -0.39 is 0 Å². The molecule has 0 spiro atoms. The number of carbonyl (C=O) groups excluding carboxylic acids is 2. The third-order valence-electron chi connectivity index (χ3n) is 3.50. The zero-order chi connectivity index (χ0) is 17.5. The normalized spacial score (nSPS) is 10.5. The molecule has 6 nitrogen and oxygen atoms in total. The van der Waals surface area contributed by atoms with E-state index in [0.717, 1.165) is 12.0 Å². The fourth-order valence-corrected chi connectivity index (χ4v) is 2.23. The molecular weight excluding hydrogens is 308 g/mol. The van der Waals surface area contributed by atoms with Crippen molar-refractivity contribution in [3.05, 3.63) is 35.7 Å². The number of aromatic nitrogens is 1. The number of hydrogen-bond donors (Lipinski definition) is 1. The highest BCUT2D eigenvalue weighted by Crippen LogP contribution is 2.25. The number of hydrogen-bond acceptors (Lipinski definition) is 5. The van der Waals surface area contributed by atoms with Crippen molar-refractivity contribution in [2.45, 2.75) is 33.1 Å². The summed E-state index contributed by atoms with van der Waals surface area (Å²) >= 11 is 0. The quantitative estimate of drug-likeness (QED) is 0.753. The maximum Gasteiger partial charge on any atom is 0.227 e. The first-order valence-electron chi connectivity index (χ1n) is 7.92. The second-order valence-electron chi connectivity index (χ2n) is 5.50. The van der Waals surface area contributed by atoms with Gasteiger partial charge in [0.15, 0.2) is 0 Å². The Labute approximate surface area is 141 Å². The van der Waals surface area contributed by atoms with Gasteiger partial charge in [0.1, 0.15) is 17.3 Å². The monoisotopic (exact) mass is 330 g/mol. The van der Waals surface area contributed by atoms with Gasteiger partial charge in [-0.05, 0) is 31.5 Å². The first kappa shape index (κ1) is 17.7. The predicted octanol–water partition coefficient (Wildman–Crippen LogP) is 2.69. The Bertz CT molecular complexity index is 722. The van der Waals surface area contributed by atoms with Gasteiger partial charge in [-0.3, -0.25) is 9.59 Å². The third kappa shape index (κ3) is 4.68. The van der Waals surface area contributed by atoms with E-state index >= 15 is 0 Å². The predicted molar refractivity (Wildman–Crippen MR) is 89.9 cm³/mol. The minimum atomic E-state index is -0.254. The van der Waals surface area contributed by atoms with Crippen molar-refractivity contribution in [3.8, 4) is 17.2 Å². The van der Waals surface area contributed by atoms with Crippen molar-refractivity contribution < 1.29 is 18.7 Å². The van der Waals surface area contributed by atoms with Gasteiger partial charge in [0.05, 0.1) is 25.6 Å². The van der Waals surface area contributed by atoms with Crippen LogP contribution in [-0.4, -0.2) is 30.3 Å². The van der Waals surface area contributed by atoms with Crippen molar-refractivity contribution in [2.75, 3.05) is 13.7 Å². The number of Topliss-reactive ketones (excluding diaryl/α,β-unsaturated/α-hetero) is 1. The molecular formula is C18H22N2O4. The van der Waals surface area contributed by atoms with E-state index in [9.17, 15) is 9.59 Å². The Balaban J connectivity index is 2.05. The Morgan fingerprint density at radius 3 is 2.83 bits per heavy atom. The molecule has 1 amide bonds. The molecule has 0 saturated carbocycles. The second-order valence-corrected chi connectivity index (χ2v) is 5.50. The van der Waals surface area contributed by atoms with Crippen LogP contribution in [-0.2, 0) is 16.0 Å². The third-order valence-corrected chi connectivity index (χ3v) is 3.50. The number of ether oxygens (including phenoxy) is 1. The van der Waals surface area contributed by atoms with E-state index in [2.05, 4.69) is 10.3 Å². The molecule has 1 heterocycles. The number of nitrogens with one attached hydrogen (secondary N) is 1. The molecule has 0 saturated heterocycles. The molecule has 0 atom stereocenters. The molecule has 0 unspecified atom stereocenters. The maximum absolute atomic E-state index is 12.0. The number of ketones is 1. The zero-order valence-corrected chi connectivity index (χ0v) is 14.2. The number of rotatable bonds is 8. The van der Waals surface area contributed by atoms with Crippen LogP contribution in [0.2, 0.25) is 0 Å². The fraction of sp³-hybridized carbons (Fsp3) is 0.389. The lowest BCUT2D eigenvalue weighted by Crippen LogP contribution is -2.26. The smallest absolute Gasteiger partial charge is 0.227 e. The van der Waals surface area contributed by atoms with Crippen LogP contribution in [0, 0.1) is 6.92 Å². The van der Waals surface area contributed by atoms with E-state index in [-0.39, 0.29) is 24.5 Å². The summed E-state index contributed by atoms with van der Waals surface area (Å²) in [6.45, 7) is 4.30. The number of aryl methyl sites for hydroxylation is 1. The Morgan fingerprint density at radius 1 is 1.33 bits per heavy atom. The van der Waals surface area contributed by atoms with Crippen molar-refractivity contribution in [1.29, 1.82) is 0 Å². The fourth-order valence-electron chi connectivity index (χ4n) is 2.23. The van der Waals surface area contributed by atoms with E-state index in [0.29, 0.717) is 29.6 Å². The molecule has 6 heteroatoms. The van der Waals surface area contributed by atoms with Crippen LogP contribution in [0.4, 0.5) is 0 Å². The summed E-state index contributed by atoms with van der Waals surface area (Å²) in [6.07, 6.45) is 0.784. The van der Waals surface area contributed by atoms with Crippen molar-refractivity contribution in [1.82, 2.24) is 10.3 Å². The van der Waals surface area contributed by atoms with Crippen LogP contribution in [0.25, 0.3) is 11.5 Å². The van der Waals surface area contributed by atoms with Gasteiger partial charge in [0.25, 0.3) is 0 Å². The lowest BCUT2D eigenvalue weighted by molar-refractivity contribution is -0.127. The van der Waals surface area contributed by atoms with Crippen LogP contribution in [0.15, 0.2) is 28.7 Å². The molecule has 1 N–H and O–H groups in total. The highest BCUT2D eigenvalue weighted by atomic mass is 16.5.